The van der Waals surface area contributed by atoms with Gasteiger partial charge in [0, 0.05) is 29.7 Å². The number of nitrogens with zero attached hydrogens (tertiary/aromatic N) is 3. The maximum Gasteiger partial charge on any atom is 0.338 e. The molecule has 1 aliphatic heterocycles. The summed E-state index contributed by atoms with van der Waals surface area (Å²) in [5.41, 5.74) is 1.41. The molecule has 0 radical (unpaired) electrons. The van der Waals surface area contributed by atoms with Crippen molar-refractivity contribution < 1.29 is 17.9 Å². The van der Waals surface area contributed by atoms with E-state index in [1.54, 1.807) is 10.5 Å². The van der Waals surface area contributed by atoms with Gasteiger partial charge < -0.3 is 4.74 Å². The number of esters is 1. The van der Waals surface area contributed by atoms with Gasteiger partial charge in [-0.15, -0.1) is 11.3 Å². The number of sulfonamides is 1. The minimum atomic E-state index is -3.65. The number of aryl methyl sites for hydroxylation is 2. The number of rotatable bonds is 5. The molecule has 1 saturated heterocycles. The van der Waals surface area contributed by atoms with Gasteiger partial charge >= 0.3 is 5.97 Å². The third kappa shape index (κ3) is 4.34. The number of aromatic nitrogens is 2. The summed E-state index contributed by atoms with van der Waals surface area (Å²) in [5, 5.41) is 0. The van der Waals surface area contributed by atoms with E-state index in [0.29, 0.717) is 23.7 Å². The smallest absolute Gasteiger partial charge is 0.338 e. The van der Waals surface area contributed by atoms with E-state index in [9.17, 15) is 18.0 Å². The van der Waals surface area contributed by atoms with Gasteiger partial charge in [-0.3, -0.25) is 9.20 Å². The number of piperidine rings is 1. The van der Waals surface area contributed by atoms with Crippen LogP contribution in [0, 0.1) is 0 Å². The van der Waals surface area contributed by atoms with Gasteiger partial charge in [0.1, 0.15) is 6.61 Å². The Kier molecular flexibility index (Phi) is 6.07. The van der Waals surface area contributed by atoms with Crippen molar-refractivity contribution in [3.63, 3.8) is 0 Å². The molecular formula is C23H25N3O5S2. The maximum absolute atomic E-state index is 12.9. The Morgan fingerprint density at radius 1 is 1.06 bits per heavy atom. The van der Waals surface area contributed by atoms with Crippen LogP contribution in [0.4, 0.5) is 0 Å². The van der Waals surface area contributed by atoms with Gasteiger partial charge in [-0.1, -0.05) is 12.5 Å². The average Bonchev–Trinajstić information content (AvgIpc) is 3.22. The molecule has 174 valence electrons. The van der Waals surface area contributed by atoms with Gasteiger partial charge in [-0.25, -0.2) is 18.2 Å². The summed E-state index contributed by atoms with van der Waals surface area (Å²) in [5.74, 6) is -0.654. The molecule has 8 nitrogen and oxygen atoms in total. The molecule has 3 aromatic rings. The van der Waals surface area contributed by atoms with Gasteiger partial charge in [-0.05, 0) is 56.7 Å². The Hall–Kier alpha value is -2.56. The van der Waals surface area contributed by atoms with E-state index >= 15 is 0 Å². The third-order valence-electron chi connectivity index (χ3n) is 6.19. The van der Waals surface area contributed by atoms with Crippen molar-refractivity contribution in [3.05, 3.63) is 62.5 Å². The summed E-state index contributed by atoms with van der Waals surface area (Å²) < 4.78 is 34.3. The molecule has 5 rings (SSSR count). The monoisotopic (exact) mass is 487 g/mol. The first-order valence-corrected chi connectivity index (χ1v) is 13.5. The van der Waals surface area contributed by atoms with E-state index in [4.69, 9.17) is 4.74 Å². The van der Waals surface area contributed by atoms with E-state index in [1.165, 1.54) is 44.8 Å². The van der Waals surface area contributed by atoms with Gasteiger partial charge in [-0.2, -0.15) is 4.31 Å². The summed E-state index contributed by atoms with van der Waals surface area (Å²) in [4.78, 5) is 31.7. The first-order valence-electron chi connectivity index (χ1n) is 11.2. The summed E-state index contributed by atoms with van der Waals surface area (Å²) in [6.45, 7) is 0.829. The van der Waals surface area contributed by atoms with Crippen molar-refractivity contribution >= 4 is 32.3 Å². The molecule has 0 unspecified atom stereocenters. The van der Waals surface area contributed by atoms with E-state index in [-0.39, 0.29) is 22.6 Å². The second-order valence-electron chi connectivity index (χ2n) is 8.45. The van der Waals surface area contributed by atoms with E-state index in [0.717, 1.165) is 50.6 Å². The fourth-order valence-electron chi connectivity index (χ4n) is 4.48. The molecule has 2 aliphatic rings. The van der Waals surface area contributed by atoms with Crippen molar-refractivity contribution in [2.24, 2.45) is 0 Å². The van der Waals surface area contributed by atoms with Gasteiger partial charge in [0.15, 0.2) is 4.96 Å². The number of carbonyl (C=O) groups is 1. The fraction of sp³-hybridized carbons (Fsp3) is 0.435. The van der Waals surface area contributed by atoms with Crippen LogP contribution in [-0.2, 0) is 34.2 Å². The lowest BCUT2D eigenvalue weighted by molar-refractivity contribution is 0.0467. The van der Waals surface area contributed by atoms with Crippen LogP contribution in [0.15, 0.2) is 40.0 Å². The van der Waals surface area contributed by atoms with Crippen LogP contribution < -0.4 is 5.56 Å². The van der Waals surface area contributed by atoms with Crippen molar-refractivity contribution in [1.82, 2.24) is 13.7 Å². The zero-order valence-corrected chi connectivity index (χ0v) is 19.8. The molecule has 0 spiro atoms. The number of fused-ring (bicyclic) bond motifs is 3. The molecule has 10 heteroatoms. The van der Waals surface area contributed by atoms with Gasteiger partial charge in [0.05, 0.1) is 16.2 Å². The fourth-order valence-corrected chi connectivity index (χ4v) is 7.27. The summed E-state index contributed by atoms with van der Waals surface area (Å²) in [6, 6.07) is 7.32. The molecule has 33 heavy (non-hydrogen) atoms. The Bertz CT molecular complexity index is 1370. The molecule has 1 aliphatic carbocycles. The highest BCUT2D eigenvalue weighted by molar-refractivity contribution is 7.89. The topological polar surface area (TPSA) is 98.0 Å². The van der Waals surface area contributed by atoms with Crippen molar-refractivity contribution in [1.29, 1.82) is 0 Å². The van der Waals surface area contributed by atoms with Crippen LogP contribution in [0.1, 0.15) is 58.7 Å². The van der Waals surface area contributed by atoms with Crippen LogP contribution in [-0.4, -0.2) is 41.2 Å². The maximum atomic E-state index is 12.9. The first-order chi connectivity index (χ1) is 15.9. The first kappa shape index (κ1) is 22.2. The highest BCUT2D eigenvalue weighted by Crippen LogP contribution is 2.28. The third-order valence-corrected chi connectivity index (χ3v) is 9.23. The number of carbonyl (C=O) groups excluding carboxylic acids is 1. The predicted molar refractivity (Wildman–Crippen MR) is 124 cm³/mol. The molecule has 1 aromatic carbocycles. The Morgan fingerprint density at radius 3 is 2.67 bits per heavy atom. The number of ether oxygens (including phenoxy) is 1. The molecule has 0 bridgehead atoms. The van der Waals surface area contributed by atoms with Crippen molar-refractivity contribution in [2.75, 3.05) is 13.1 Å². The zero-order valence-electron chi connectivity index (χ0n) is 18.2. The molecule has 1 fully saturated rings. The second-order valence-corrected chi connectivity index (χ2v) is 11.5. The van der Waals surface area contributed by atoms with Crippen LogP contribution in [0.25, 0.3) is 4.96 Å². The largest absolute Gasteiger partial charge is 0.456 e. The highest BCUT2D eigenvalue weighted by atomic mass is 32.2. The molecule has 0 amide bonds. The number of benzene rings is 1. The zero-order chi connectivity index (χ0) is 23.0. The summed E-state index contributed by atoms with van der Waals surface area (Å²) in [7, 11) is -3.65. The summed E-state index contributed by atoms with van der Waals surface area (Å²) >= 11 is 1.52. The number of thiazole rings is 1. The van der Waals surface area contributed by atoms with Crippen LogP contribution in [0.5, 0.6) is 0 Å². The lowest BCUT2D eigenvalue weighted by atomic mass is 10.0. The van der Waals surface area contributed by atoms with E-state index in [2.05, 4.69) is 4.98 Å². The standard InChI is InChI=1S/C23H25N3O5S2/c27-21-14-17(24-23-26(21)19-9-2-3-10-20(19)32-23)15-31-22(28)16-7-6-8-18(13-16)33(29,30)25-11-4-1-5-12-25/h6-8,13-14H,1-5,9-12,15H2. The van der Waals surface area contributed by atoms with Crippen molar-refractivity contribution in [3.8, 4) is 0 Å². The van der Waals surface area contributed by atoms with Crippen LogP contribution in [0.2, 0.25) is 0 Å². The predicted octanol–water partition coefficient (Wildman–Crippen LogP) is 3.17. The Balaban J connectivity index is 1.33. The molecule has 2 aromatic heterocycles. The van der Waals surface area contributed by atoms with E-state index in [1.807, 2.05) is 0 Å². The quantitative estimate of drug-likeness (QED) is 0.513. The van der Waals surface area contributed by atoms with Gasteiger partial charge in [0.25, 0.3) is 5.56 Å². The van der Waals surface area contributed by atoms with Gasteiger partial charge in [0.2, 0.25) is 10.0 Å². The average molecular weight is 488 g/mol. The van der Waals surface area contributed by atoms with Crippen molar-refractivity contribution in [2.45, 2.75) is 56.4 Å². The van der Waals surface area contributed by atoms with Crippen LogP contribution >= 0.6 is 11.3 Å². The lowest BCUT2D eigenvalue weighted by Crippen LogP contribution is -2.35. The SMILES string of the molecule is O=C(OCc1cc(=O)n2c3c(sc2n1)CCCC3)c1cccc(S(=O)(=O)N2CCCCC2)c1. The molecule has 0 saturated carbocycles. The van der Waals surface area contributed by atoms with Crippen LogP contribution in [0.3, 0.4) is 0 Å². The summed E-state index contributed by atoms with van der Waals surface area (Å²) in [6.07, 6.45) is 6.72. The normalized spacial score (nSPS) is 17.1. The van der Waals surface area contributed by atoms with E-state index < -0.39 is 16.0 Å². The second kappa shape index (κ2) is 9.00. The Morgan fingerprint density at radius 2 is 1.85 bits per heavy atom. The molecular weight excluding hydrogens is 462 g/mol. The minimum absolute atomic E-state index is 0.0841. The lowest BCUT2D eigenvalue weighted by Gasteiger charge is -2.25. The Labute approximate surface area is 195 Å². The molecule has 0 atom stereocenters. The molecule has 3 heterocycles. The molecule has 0 N–H and O–H groups in total. The highest BCUT2D eigenvalue weighted by Gasteiger charge is 2.27. The number of hydrogen-bond donors (Lipinski definition) is 0. The number of hydrogen-bond acceptors (Lipinski definition) is 7. The minimum Gasteiger partial charge on any atom is -0.456 e.